The van der Waals surface area contributed by atoms with Crippen molar-refractivity contribution in [3.05, 3.63) is 16.9 Å². The lowest BCUT2D eigenvalue weighted by molar-refractivity contribution is 0.140. The molecule has 0 aliphatic carbocycles. The summed E-state index contributed by atoms with van der Waals surface area (Å²) in [5.41, 5.74) is 1.10. The molecule has 0 fully saturated rings. The van der Waals surface area contributed by atoms with Crippen LogP contribution in [0.15, 0.2) is 6.20 Å². The fraction of sp³-hybridized carbons (Fsp3) is 0.800. The Morgan fingerprint density at radius 2 is 2.15 bits per heavy atom. The highest BCUT2D eigenvalue weighted by atomic mass is 35.5. The summed E-state index contributed by atoms with van der Waals surface area (Å²) in [6, 6.07) is 0.558. The molecule has 116 valence electrons. The van der Waals surface area contributed by atoms with Crippen LogP contribution in [-0.4, -0.2) is 29.5 Å². The maximum Gasteiger partial charge on any atom is 0.0834 e. The zero-order valence-electron chi connectivity index (χ0n) is 13.2. The van der Waals surface area contributed by atoms with E-state index in [1.165, 1.54) is 0 Å². The third-order valence-corrected chi connectivity index (χ3v) is 3.52. The van der Waals surface area contributed by atoms with Crippen molar-refractivity contribution in [1.82, 2.24) is 15.1 Å². The summed E-state index contributed by atoms with van der Waals surface area (Å²) in [4.78, 5) is 0. The lowest BCUT2D eigenvalue weighted by atomic mass is 10.1. The van der Waals surface area contributed by atoms with Crippen molar-refractivity contribution in [2.45, 2.75) is 59.0 Å². The Kier molecular flexibility index (Phi) is 8.19. The van der Waals surface area contributed by atoms with Gasteiger partial charge in [0.05, 0.1) is 23.0 Å². The van der Waals surface area contributed by atoms with Crippen LogP contribution in [0.1, 0.15) is 64.7 Å². The van der Waals surface area contributed by atoms with Crippen LogP contribution in [0.5, 0.6) is 0 Å². The molecule has 1 aromatic rings. The summed E-state index contributed by atoms with van der Waals surface area (Å²) < 4.78 is 7.45. The predicted molar refractivity (Wildman–Crippen MR) is 84.4 cm³/mol. The Labute approximate surface area is 127 Å². The molecule has 0 radical (unpaired) electrons. The lowest BCUT2D eigenvalue weighted by Gasteiger charge is -2.22. The summed E-state index contributed by atoms with van der Waals surface area (Å²) in [5.74, 6) is 0. The van der Waals surface area contributed by atoms with Gasteiger partial charge in [0, 0.05) is 19.3 Å². The Morgan fingerprint density at radius 3 is 2.75 bits per heavy atom. The second-order valence-corrected chi connectivity index (χ2v) is 5.67. The third-order valence-electron chi connectivity index (χ3n) is 3.23. The summed E-state index contributed by atoms with van der Waals surface area (Å²) >= 11 is 6.35. The van der Waals surface area contributed by atoms with Gasteiger partial charge in [0.1, 0.15) is 0 Å². The van der Waals surface area contributed by atoms with Gasteiger partial charge in [-0.1, -0.05) is 18.5 Å². The summed E-state index contributed by atoms with van der Waals surface area (Å²) in [6.07, 6.45) is 4.89. The predicted octanol–water partition coefficient (Wildman–Crippen LogP) is 3.97. The van der Waals surface area contributed by atoms with Gasteiger partial charge in [0.2, 0.25) is 0 Å². The van der Waals surface area contributed by atoms with E-state index in [1.807, 2.05) is 11.6 Å². The molecular formula is C15H28ClN3O. The molecule has 0 aromatic carbocycles. The number of nitrogens with zero attached hydrogens (tertiary/aromatic N) is 2. The summed E-state index contributed by atoms with van der Waals surface area (Å²) in [5, 5.41) is 8.74. The van der Waals surface area contributed by atoms with Crippen LogP contribution in [0.2, 0.25) is 5.02 Å². The summed E-state index contributed by atoms with van der Waals surface area (Å²) in [6.45, 7) is 11.0. The van der Waals surface area contributed by atoms with Crippen LogP contribution in [0, 0.1) is 0 Å². The van der Waals surface area contributed by atoms with Crippen molar-refractivity contribution < 1.29 is 4.74 Å². The molecule has 4 nitrogen and oxygen atoms in total. The Balaban J connectivity index is 2.78. The van der Waals surface area contributed by atoms with Crippen LogP contribution in [0.4, 0.5) is 0 Å². The Morgan fingerprint density at radius 1 is 1.40 bits per heavy atom. The van der Waals surface area contributed by atoms with Gasteiger partial charge in [-0.3, -0.25) is 4.68 Å². The first-order valence-electron chi connectivity index (χ1n) is 7.65. The largest absolute Gasteiger partial charge is 0.382 e. The van der Waals surface area contributed by atoms with Gasteiger partial charge >= 0.3 is 0 Å². The first-order valence-corrected chi connectivity index (χ1v) is 8.03. The van der Waals surface area contributed by atoms with E-state index in [4.69, 9.17) is 16.3 Å². The van der Waals surface area contributed by atoms with Crippen molar-refractivity contribution in [3.8, 4) is 0 Å². The highest BCUT2D eigenvalue weighted by Crippen LogP contribution is 2.28. The molecule has 0 aliphatic heterocycles. The molecule has 0 aliphatic rings. The van der Waals surface area contributed by atoms with E-state index in [2.05, 4.69) is 31.2 Å². The smallest absolute Gasteiger partial charge is 0.0834 e. The van der Waals surface area contributed by atoms with E-state index in [1.54, 1.807) is 6.20 Å². The van der Waals surface area contributed by atoms with Crippen LogP contribution >= 0.6 is 11.6 Å². The van der Waals surface area contributed by atoms with Gasteiger partial charge < -0.3 is 10.1 Å². The average Bonchev–Trinajstić information content (AvgIpc) is 2.80. The van der Waals surface area contributed by atoms with Gasteiger partial charge in [0.15, 0.2) is 0 Å². The first kappa shape index (κ1) is 17.5. The van der Waals surface area contributed by atoms with E-state index in [9.17, 15) is 0 Å². The Bertz CT molecular complexity index is 379. The molecule has 1 atom stereocenters. The molecule has 1 heterocycles. The number of nitrogens with one attached hydrogen (secondary N) is 1. The number of hydrogen-bond donors (Lipinski definition) is 1. The normalized spacial score (nSPS) is 13.1. The first-order chi connectivity index (χ1) is 9.61. The molecule has 1 rings (SSSR count). The molecule has 1 unspecified atom stereocenters. The zero-order chi connectivity index (χ0) is 15.0. The average molecular weight is 302 g/mol. The SMILES string of the molecule is CCCNC(CCCOCC)c1c(Cl)cnn1C(C)C. The number of halogens is 1. The second kappa shape index (κ2) is 9.37. The van der Waals surface area contributed by atoms with Crippen LogP contribution < -0.4 is 5.32 Å². The quantitative estimate of drug-likeness (QED) is 0.665. The van der Waals surface area contributed by atoms with Gasteiger partial charge in [-0.15, -0.1) is 0 Å². The Hall–Kier alpha value is -0.580. The van der Waals surface area contributed by atoms with Crippen molar-refractivity contribution in [3.63, 3.8) is 0 Å². The molecule has 0 saturated heterocycles. The van der Waals surface area contributed by atoms with Gasteiger partial charge in [-0.05, 0) is 46.6 Å². The molecule has 0 amide bonds. The van der Waals surface area contributed by atoms with Crippen molar-refractivity contribution in [2.75, 3.05) is 19.8 Å². The van der Waals surface area contributed by atoms with Gasteiger partial charge in [-0.2, -0.15) is 5.10 Å². The van der Waals surface area contributed by atoms with Crippen LogP contribution in [-0.2, 0) is 4.74 Å². The van der Waals surface area contributed by atoms with E-state index < -0.39 is 0 Å². The fourth-order valence-electron chi connectivity index (χ4n) is 2.28. The van der Waals surface area contributed by atoms with Crippen molar-refractivity contribution in [1.29, 1.82) is 0 Å². The highest BCUT2D eigenvalue weighted by Gasteiger charge is 2.20. The number of aromatic nitrogens is 2. The topological polar surface area (TPSA) is 39.1 Å². The summed E-state index contributed by atoms with van der Waals surface area (Å²) in [7, 11) is 0. The maximum atomic E-state index is 6.35. The minimum absolute atomic E-state index is 0.243. The molecular weight excluding hydrogens is 274 g/mol. The maximum absolute atomic E-state index is 6.35. The lowest BCUT2D eigenvalue weighted by Crippen LogP contribution is -2.26. The third kappa shape index (κ3) is 5.08. The van der Waals surface area contributed by atoms with Crippen molar-refractivity contribution >= 4 is 11.6 Å². The molecule has 1 aromatic heterocycles. The highest BCUT2D eigenvalue weighted by molar-refractivity contribution is 6.31. The minimum atomic E-state index is 0.243. The van der Waals surface area contributed by atoms with E-state index in [0.717, 1.165) is 49.7 Å². The standard InChI is InChI=1S/C15H28ClN3O/c1-5-9-17-14(8-7-10-20-6-2)15-13(16)11-18-19(15)12(3)4/h11-12,14,17H,5-10H2,1-4H3. The van der Waals surface area contributed by atoms with Crippen LogP contribution in [0.25, 0.3) is 0 Å². The minimum Gasteiger partial charge on any atom is -0.382 e. The fourth-order valence-corrected chi connectivity index (χ4v) is 2.54. The molecule has 20 heavy (non-hydrogen) atoms. The van der Waals surface area contributed by atoms with E-state index in [0.29, 0.717) is 6.04 Å². The molecule has 0 spiro atoms. The molecule has 0 bridgehead atoms. The number of hydrogen-bond acceptors (Lipinski definition) is 3. The van der Waals surface area contributed by atoms with E-state index in [-0.39, 0.29) is 6.04 Å². The van der Waals surface area contributed by atoms with E-state index >= 15 is 0 Å². The molecule has 5 heteroatoms. The monoisotopic (exact) mass is 301 g/mol. The molecule has 0 saturated carbocycles. The van der Waals surface area contributed by atoms with Crippen molar-refractivity contribution in [2.24, 2.45) is 0 Å². The van der Waals surface area contributed by atoms with Gasteiger partial charge in [-0.25, -0.2) is 0 Å². The van der Waals surface area contributed by atoms with Crippen LogP contribution in [0.3, 0.4) is 0 Å². The zero-order valence-corrected chi connectivity index (χ0v) is 13.9. The molecule has 1 N–H and O–H groups in total. The second-order valence-electron chi connectivity index (χ2n) is 5.26. The number of rotatable bonds is 10. The van der Waals surface area contributed by atoms with Gasteiger partial charge in [0.25, 0.3) is 0 Å². The number of ether oxygens (including phenoxy) is 1.